The summed E-state index contributed by atoms with van der Waals surface area (Å²) in [6, 6.07) is 2.06. The van der Waals surface area contributed by atoms with Gasteiger partial charge in [0, 0.05) is 0 Å². The number of thioether (sulfide) groups is 1. The molecule has 0 aromatic heterocycles. The fourth-order valence-corrected chi connectivity index (χ4v) is 3.89. The smallest absolute Gasteiger partial charge is 0.327 e. The summed E-state index contributed by atoms with van der Waals surface area (Å²) in [6.07, 6.45) is 1.56. The molecule has 1 amide bonds. The van der Waals surface area contributed by atoms with Crippen LogP contribution >= 0.6 is 24.0 Å². The second-order valence-electron chi connectivity index (χ2n) is 5.85. The van der Waals surface area contributed by atoms with E-state index in [0.29, 0.717) is 5.56 Å². The number of carbonyl (C=O) groups excluding carboxylic acids is 1. The molecule has 2 rings (SSSR count). The standard InChI is InChI=1S/C17H19NO6S2/c1-8(2)13(16(21)22)18-15(20)12(26-17(18)25)7-9-5-10(23-3)14(19)11(6-9)24-4/h5-8,13,19H,1-4H3,(H,21,22)/b12-7-. The molecule has 2 N–H and O–H groups in total. The second-order valence-corrected chi connectivity index (χ2v) is 7.53. The van der Waals surface area contributed by atoms with Gasteiger partial charge >= 0.3 is 5.97 Å². The molecule has 1 aliphatic heterocycles. The van der Waals surface area contributed by atoms with E-state index < -0.39 is 17.9 Å². The van der Waals surface area contributed by atoms with E-state index in [4.69, 9.17) is 21.7 Å². The lowest BCUT2D eigenvalue weighted by molar-refractivity contribution is -0.146. The van der Waals surface area contributed by atoms with Crippen molar-refractivity contribution in [2.24, 2.45) is 5.92 Å². The highest BCUT2D eigenvalue weighted by atomic mass is 32.2. The Labute approximate surface area is 160 Å². The summed E-state index contributed by atoms with van der Waals surface area (Å²) in [4.78, 5) is 25.7. The fourth-order valence-electron chi connectivity index (χ4n) is 2.56. The van der Waals surface area contributed by atoms with Gasteiger partial charge in [0.05, 0.1) is 19.1 Å². The van der Waals surface area contributed by atoms with Gasteiger partial charge in [-0.15, -0.1) is 0 Å². The van der Waals surface area contributed by atoms with Crippen molar-refractivity contribution >= 4 is 46.3 Å². The number of aromatic hydroxyl groups is 1. The summed E-state index contributed by atoms with van der Waals surface area (Å²) in [5.41, 5.74) is 0.549. The lowest BCUT2D eigenvalue weighted by atomic mass is 10.0. The third-order valence-electron chi connectivity index (χ3n) is 3.79. The number of nitrogens with zero attached hydrogens (tertiary/aromatic N) is 1. The van der Waals surface area contributed by atoms with Gasteiger partial charge in [-0.3, -0.25) is 9.69 Å². The third kappa shape index (κ3) is 3.78. The number of aliphatic carboxylic acids is 1. The minimum atomic E-state index is -1.11. The minimum Gasteiger partial charge on any atom is -0.502 e. The van der Waals surface area contributed by atoms with Crippen LogP contribution in [0.15, 0.2) is 17.0 Å². The Morgan fingerprint density at radius 2 is 1.81 bits per heavy atom. The molecule has 0 saturated carbocycles. The first-order chi connectivity index (χ1) is 12.2. The quantitative estimate of drug-likeness (QED) is 0.559. The van der Waals surface area contributed by atoms with Crippen molar-refractivity contribution in [3.05, 3.63) is 22.6 Å². The van der Waals surface area contributed by atoms with Gasteiger partial charge in [-0.2, -0.15) is 0 Å². The van der Waals surface area contributed by atoms with Gasteiger partial charge in [-0.05, 0) is 29.7 Å². The van der Waals surface area contributed by atoms with Gasteiger partial charge < -0.3 is 19.7 Å². The summed E-state index contributed by atoms with van der Waals surface area (Å²) in [5.74, 6) is -1.64. The van der Waals surface area contributed by atoms with E-state index in [1.54, 1.807) is 32.1 Å². The number of amides is 1. The van der Waals surface area contributed by atoms with Crippen LogP contribution in [0.4, 0.5) is 0 Å². The zero-order valence-corrected chi connectivity index (χ0v) is 16.3. The van der Waals surface area contributed by atoms with Crippen molar-refractivity contribution in [2.45, 2.75) is 19.9 Å². The van der Waals surface area contributed by atoms with Crippen molar-refractivity contribution in [3.63, 3.8) is 0 Å². The Kier molecular flexibility index (Phi) is 6.14. The predicted molar refractivity (Wildman–Crippen MR) is 102 cm³/mol. The number of phenolic OH excluding ortho intramolecular Hbond substituents is 1. The molecule has 1 heterocycles. The first-order valence-corrected chi connectivity index (χ1v) is 8.88. The van der Waals surface area contributed by atoms with Crippen LogP contribution in [-0.2, 0) is 9.59 Å². The topological polar surface area (TPSA) is 96.3 Å². The van der Waals surface area contributed by atoms with E-state index >= 15 is 0 Å². The molecule has 1 aromatic carbocycles. The van der Waals surface area contributed by atoms with Crippen molar-refractivity contribution in [3.8, 4) is 17.2 Å². The summed E-state index contributed by atoms with van der Waals surface area (Å²) in [7, 11) is 2.80. The van der Waals surface area contributed by atoms with Gasteiger partial charge in [0.25, 0.3) is 5.91 Å². The number of methoxy groups -OCH3 is 2. The van der Waals surface area contributed by atoms with E-state index in [0.717, 1.165) is 16.7 Å². The number of ether oxygens (including phenoxy) is 2. The van der Waals surface area contributed by atoms with Crippen LogP contribution in [-0.4, -0.2) is 51.6 Å². The zero-order chi connectivity index (χ0) is 19.6. The Bertz CT molecular complexity index is 764. The molecule has 9 heteroatoms. The fraction of sp³-hybridized carbons (Fsp3) is 0.353. The lowest BCUT2D eigenvalue weighted by Gasteiger charge is -2.26. The number of benzene rings is 1. The lowest BCUT2D eigenvalue weighted by Crippen LogP contribution is -2.47. The molecule has 1 aromatic rings. The van der Waals surface area contributed by atoms with Crippen LogP contribution in [0.2, 0.25) is 0 Å². The van der Waals surface area contributed by atoms with Gasteiger partial charge in [-0.1, -0.05) is 37.8 Å². The molecule has 7 nitrogen and oxygen atoms in total. The summed E-state index contributed by atoms with van der Waals surface area (Å²) >= 11 is 6.25. The van der Waals surface area contributed by atoms with Crippen molar-refractivity contribution in [2.75, 3.05) is 14.2 Å². The largest absolute Gasteiger partial charge is 0.502 e. The van der Waals surface area contributed by atoms with Crippen molar-refractivity contribution in [1.82, 2.24) is 4.90 Å². The van der Waals surface area contributed by atoms with Crippen LogP contribution < -0.4 is 9.47 Å². The number of phenols is 1. The van der Waals surface area contributed by atoms with Crippen LogP contribution in [0.1, 0.15) is 19.4 Å². The summed E-state index contributed by atoms with van der Waals surface area (Å²) < 4.78 is 10.4. The molecule has 1 saturated heterocycles. The molecule has 1 aliphatic rings. The monoisotopic (exact) mass is 397 g/mol. The van der Waals surface area contributed by atoms with Crippen molar-refractivity contribution < 1.29 is 29.3 Å². The maximum Gasteiger partial charge on any atom is 0.327 e. The zero-order valence-electron chi connectivity index (χ0n) is 14.7. The molecule has 1 atom stereocenters. The number of carboxylic acid groups (broad SMARTS) is 1. The highest BCUT2D eigenvalue weighted by Gasteiger charge is 2.41. The molecule has 0 spiro atoms. The third-order valence-corrected chi connectivity index (χ3v) is 5.12. The van der Waals surface area contributed by atoms with Crippen LogP contribution in [0.5, 0.6) is 17.2 Å². The predicted octanol–water partition coefficient (Wildman–Crippen LogP) is 2.72. The molecule has 0 radical (unpaired) electrons. The number of carboxylic acids is 1. The number of thiocarbonyl (C=S) groups is 1. The van der Waals surface area contributed by atoms with Gasteiger partial charge in [0.2, 0.25) is 5.75 Å². The highest BCUT2D eigenvalue weighted by Crippen LogP contribution is 2.40. The van der Waals surface area contributed by atoms with Crippen LogP contribution in [0.3, 0.4) is 0 Å². The van der Waals surface area contributed by atoms with E-state index in [1.165, 1.54) is 14.2 Å². The molecular weight excluding hydrogens is 378 g/mol. The van der Waals surface area contributed by atoms with E-state index in [2.05, 4.69) is 0 Å². The molecule has 1 fully saturated rings. The first kappa shape index (κ1) is 20.1. The van der Waals surface area contributed by atoms with Gasteiger partial charge in [0.1, 0.15) is 10.4 Å². The number of carbonyl (C=O) groups is 2. The molecule has 0 aliphatic carbocycles. The van der Waals surface area contributed by atoms with Gasteiger partial charge in [-0.25, -0.2) is 4.79 Å². The Hall–Kier alpha value is -2.26. The summed E-state index contributed by atoms with van der Waals surface area (Å²) in [6.45, 7) is 3.44. The molecule has 0 bridgehead atoms. The summed E-state index contributed by atoms with van der Waals surface area (Å²) in [5, 5.41) is 19.4. The Morgan fingerprint density at radius 3 is 2.23 bits per heavy atom. The minimum absolute atomic E-state index is 0.148. The second kappa shape index (κ2) is 7.96. The van der Waals surface area contributed by atoms with E-state index in [9.17, 15) is 19.8 Å². The van der Waals surface area contributed by atoms with Crippen LogP contribution in [0, 0.1) is 5.92 Å². The molecule has 26 heavy (non-hydrogen) atoms. The maximum absolute atomic E-state index is 12.7. The Morgan fingerprint density at radius 1 is 1.27 bits per heavy atom. The maximum atomic E-state index is 12.7. The van der Waals surface area contributed by atoms with Crippen molar-refractivity contribution in [1.29, 1.82) is 0 Å². The molecule has 1 unspecified atom stereocenters. The number of hydrogen-bond donors (Lipinski definition) is 2. The van der Waals surface area contributed by atoms with Gasteiger partial charge in [0.15, 0.2) is 11.5 Å². The number of rotatable bonds is 6. The number of hydrogen-bond acceptors (Lipinski definition) is 7. The Balaban J connectivity index is 2.43. The molecular formula is C17H19NO6S2. The normalized spacial score (nSPS) is 17.1. The van der Waals surface area contributed by atoms with Crippen LogP contribution in [0.25, 0.3) is 6.08 Å². The molecule has 140 valence electrons. The van der Waals surface area contributed by atoms with E-state index in [-0.39, 0.29) is 32.4 Å². The van der Waals surface area contributed by atoms with E-state index in [1.807, 2.05) is 0 Å². The average molecular weight is 397 g/mol. The first-order valence-electron chi connectivity index (χ1n) is 7.66. The highest BCUT2D eigenvalue weighted by molar-refractivity contribution is 8.26. The average Bonchev–Trinajstić information content (AvgIpc) is 2.83. The SMILES string of the molecule is COc1cc(/C=C2\SC(=S)N(C(C(=O)O)C(C)C)C2=O)cc(OC)c1O.